The Hall–Kier alpha value is -1.63. The number of piperidine rings is 1. The number of ether oxygens (including phenoxy) is 1. The molecule has 0 radical (unpaired) electrons. The Morgan fingerprint density at radius 3 is 2.48 bits per heavy atom. The molecule has 1 atom stereocenters. The molecule has 2 saturated heterocycles. The van der Waals surface area contributed by atoms with Crippen LogP contribution in [0.15, 0.2) is 24.3 Å². The van der Waals surface area contributed by atoms with Crippen LogP contribution in [0.3, 0.4) is 0 Å². The summed E-state index contributed by atoms with van der Waals surface area (Å²) >= 11 is 0. The normalized spacial score (nSPS) is 29.5. The minimum absolute atomic E-state index is 0.0505. The fraction of sp³-hybridized carbons (Fsp3) is 0.696. The molecular formula is C23H34N2O4. The number of nitrogens with zero attached hydrogens (tertiary/aromatic N) is 2. The number of phenols is 1. The minimum Gasteiger partial charge on any atom is -0.508 e. The molecular weight excluding hydrogens is 368 g/mol. The van der Waals surface area contributed by atoms with Crippen molar-refractivity contribution in [2.45, 2.75) is 63.2 Å². The summed E-state index contributed by atoms with van der Waals surface area (Å²) < 4.78 is 6.20. The number of likely N-dealkylation sites (N-methyl/N-ethyl adjacent to an activating group) is 1. The van der Waals surface area contributed by atoms with Gasteiger partial charge in [-0.2, -0.15) is 0 Å². The molecule has 4 rings (SSSR count). The molecule has 6 nitrogen and oxygen atoms in total. The van der Waals surface area contributed by atoms with Gasteiger partial charge in [0.15, 0.2) is 0 Å². The lowest BCUT2D eigenvalue weighted by atomic mass is 9.76. The minimum atomic E-state index is -0.111. The lowest BCUT2D eigenvalue weighted by Gasteiger charge is -2.39. The highest BCUT2D eigenvalue weighted by molar-refractivity contribution is 5.94. The van der Waals surface area contributed by atoms with Gasteiger partial charge in [0.1, 0.15) is 5.75 Å². The molecule has 29 heavy (non-hydrogen) atoms. The molecule has 3 fully saturated rings. The van der Waals surface area contributed by atoms with Crippen LogP contribution in [0.4, 0.5) is 0 Å². The van der Waals surface area contributed by atoms with Crippen molar-refractivity contribution >= 4 is 5.91 Å². The lowest BCUT2D eigenvalue weighted by Crippen LogP contribution is -2.44. The number of likely N-dealkylation sites (tertiary alicyclic amines) is 1. The van der Waals surface area contributed by atoms with E-state index in [1.165, 1.54) is 0 Å². The molecule has 0 aromatic heterocycles. The first-order chi connectivity index (χ1) is 13.9. The van der Waals surface area contributed by atoms with E-state index < -0.39 is 0 Å². The maximum absolute atomic E-state index is 12.7. The molecule has 6 heteroatoms. The fourth-order valence-corrected chi connectivity index (χ4v) is 5.30. The second-order valence-electron chi connectivity index (χ2n) is 9.38. The molecule has 1 aromatic carbocycles. The first kappa shape index (κ1) is 20.6. The third-order valence-corrected chi connectivity index (χ3v) is 7.29. The number of aliphatic hydroxyl groups excluding tert-OH is 1. The van der Waals surface area contributed by atoms with Crippen molar-refractivity contribution in [2.75, 3.05) is 33.3 Å². The summed E-state index contributed by atoms with van der Waals surface area (Å²) in [5, 5.41) is 19.1. The van der Waals surface area contributed by atoms with Gasteiger partial charge in [-0.3, -0.25) is 4.79 Å². The molecule has 160 valence electrons. The number of benzene rings is 1. The summed E-state index contributed by atoms with van der Waals surface area (Å²) in [6.45, 7) is 3.30. The summed E-state index contributed by atoms with van der Waals surface area (Å²) in [6, 6.07) is 7.08. The maximum atomic E-state index is 12.7. The topological polar surface area (TPSA) is 73.2 Å². The zero-order chi connectivity index (χ0) is 20.4. The average molecular weight is 403 g/mol. The van der Waals surface area contributed by atoms with Crippen molar-refractivity contribution < 1.29 is 19.7 Å². The number of phenolic OH excluding ortho intramolecular Hbond substituents is 1. The number of carbonyl (C=O) groups is 1. The Kier molecular flexibility index (Phi) is 6.13. The number of carbonyl (C=O) groups excluding carboxylic acids is 1. The molecule has 1 aromatic rings. The molecule has 2 aliphatic heterocycles. The molecule has 1 amide bonds. The van der Waals surface area contributed by atoms with Gasteiger partial charge in [0.2, 0.25) is 0 Å². The van der Waals surface area contributed by atoms with Gasteiger partial charge < -0.3 is 24.7 Å². The molecule has 0 unspecified atom stereocenters. The van der Waals surface area contributed by atoms with Crippen molar-refractivity contribution in [3.63, 3.8) is 0 Å². The van der Waals surface area contributed by atoms with Gasteiger partial charge in [0.05, 0.1) is 18.8 Å². The molecule has 1 spiro atoms. The van der Waals surface area contributed by atoms with E-state index in [-0.39, 0.29) is 29.3 Å². The van der Waals surface area contributed by atoms with Gasteiger partial charge in [-0.05, 0) is 81.7 Å². The fourth-order valence-electron chi connectivity index (χ4n) is 5.30. The van der Waals surface area contributed by atoms with Crippen molar-refractivity contribution in [2.24, 2.45) is 5.41 Å². The predicted octanol–water partition coefficient (Wildman–Crippen LogP) is 2.64. The zero-order valence-electron chi connectivity index (χ0n) is 17.4. The largest absolute Gasteiger partial charge is 0.508 e. The number of hydrogen-bond donors (Lipinski definition) is 2. The van der Waals surface area contributed by atoms with Crippen LogP contribution >= 0.6 is 0 Å². The molecule has 2 N–H and O–H groups in total. The van der Waals surface area contributed by atoms with Gasteiger partial charge >= 0.3 is 0 Å². The van der Waals surface area contributed by atoms with Crippen LogP contribution in [0.25, 0.3) is 0 Å². The first-order valence-corrected chi connectivity index (χ1v) is 11.0. The summed E-state index contributed by atoms with van der Waals surface area (Å²) in [5.41, 5.74) is 0.846. The molecule has 1 saturated carbocycles. The smallest absolute Gasteiger partial charge is 0.253 e. The molecule has 1 aliphatic carbocycles. The maximum Gasteiger partial charge on any atom is 0.253 e. The van der Waals surface area contributed by atoms with E-state index in [2.05, 4.69) is 11.9 Å². The third-order valence-electron chi connectivity index (χ3n) is 7.29. The average Bonchev–Trinajstić information content (AvgIpc) is 3.11. The molecule has 3 aliphatic rings. The van der Waals surface area contributed by atoms with Gasteiger partial charge in [-0.1, -0.05) is 0 Å². The van der Waals surface area contributed by atoms with Crippen LogP contribution in [0.1, 0.15) is 55.3 Å². The van der Waals surface area contributed by atoms with Gasteiger partial charge in [0, 0.05) is 31.2 Å². The summed E-state index contributed by atoms with van der Waals surface area (Å²) in [6.07, 6.45) is 7.19. The summed E-state index contributed by atoms with van der Waals surface area (Å²) in [4.78, 5) is 17.1. The molecule has 0 bridgehead atoms. The van der Waals surface area contributed by atoms with Gasteiger partial charge in [0.25, 0.3) is 5.91 Å². The number of amides is 1. The van der Waals surface area contributed by atoms with Crippen LogP contribution in [0, 0.1) is 5.41 Å². The van der Waals surface area contributed by atoms with E-state index in [0.29, 0.717) is 11.6 Å². The highest BCUT2D eigenvalue weighted by atomic mass is 16.5. The van der Waals surface area contributed by atoms with Crippen LogP contribution in [0.2, 0.25) is 0 Å². The van der Waals surface area contributed by atoms with Crippen molar-refractivity contribution in [1.29, 1.82) is 0 Å². The SMILES string of the molecule is CN(C[C@H]1CC2(CCN(C(=O)c3ccc(O)cc3)CC2)CO1)C1CCC(O)CC1. The Balaban J connectivity index is 1.26. The number of aliphatic hydroxyl groups is 1. The quantitative estimate of drug-likeness (QED) is 0.810. The Labute approximate surface area is 173 Å². The number of rotatable bonds is 4. The van der Waals surface area contributed by atoms with Gasteiger partial charge in [-0.15, -0.1) is 0 Å². The number of aromatic hydroxyl groups is 1. The van der Waals surface area contributed by atoms with Gasteiger partial charge in [-0.25, -0.2) is 0 Å². The van der Waals surface area contributed by atoms with Crippen LogP contribution in [0.5, 0.6) is 5.75 Å². The van der Waals surface area contributed by atoms with Crippen LogP contribution in [-0.2, 0) is 4.74 Å². The van der Waals surface area contributed by atoms with E-state index in [1.807, 2.05) is 4.90 Å². The number of hydrogen-bond acceptors (Lipinski definition) is 5. The Morgan fingerprint density at radius 2 is 1.83 bits per heavy atom. The van der Waals surface area contributed by atoms with E-state index in [9.17, 15) is 15.0 Å². The van der Waals surface area contributed by atoms with E-state index in [0.717, 1.165) is 71.2 Å². The second-order valence-corrected chi connectivity index (χ2v) is 9.38. The second kappa shape index (κ2) is 8.62. The molecule has 2 heterocycles. The van der Waals surface area contributed by atoms with E-state index in [4.69, 9.17) is 4.74 Å². The van der Waals surface area contributed by atoms with E-state index >= 15 is 0 Å². The zero-order valence-corrected chi connectivity index (χ0v) is 17.4. The Morgan fingerprint density at radius 1 is 1.17 bits per heavy atom. The van der Waals surface area contributed by atoms with Crippen LogP contribution < -0.4 is 0 Å². The van der Waals surface area contributed by atoms with Crippen LogP contribution in [-0.4, -0.2) is 77.5 Å². The highest BCUT2D eigenvalue weighted by Crippen LogP contribution is 2.42. The van der Waals surface area contributed by atoms with E-state index in [1.54, 1.807) is 24.3 Å². The third kappa shape index (κ3) is 4.76. The van der Waals surface area contributed by atoms with Crippen molar-refractivity contribution in [3.8, 4) is 5.75 Å². The predicted molar refractivity (Wildman–Crippen MR) is 111 cm³/mol. The summed E-state index contributed by atoms with van der Waals surface area (Å²) in [7, 11) is 2.19. The monoisotopic (exact) mass is 402 g/mol. The first-order valence-electron chi connectivity index (χ1n) is 11.0. The van der Waals surface area contributed by atoms with Crippen molar-refractivity contribution in [1.82, 2.24) is 9.80 Å². The standard InChI is InChI=1S/C23H34N2O4/c1-24(18-4-8-20(27)9-5-18)15-21-14-23(16-29-21)10-12-25(13-11-23)22(28)17-2-6-19(26)7-3-17/h2-3,6-7,18,20-21,26-27H,4-5,8-16H2,1H3/t18?,20?,21-/m1/s1. The highest BCUT2D eigenvalue weighted by Gasteiger charge is 2.43. The lowest BCUT2D eigenvalue weighted by molar-refractivity contribution is 0.0336. The summed E-state index contributed by atoms with van der Waals surface area (Å²) in [5.74, 6) is 0.234. The van der Waals surface area contributed by atoms with Crippen molar-refractivity contribution in [3.05, 3.63) is 29.8 Å². The Bertz CT molecular complexity index is 691.